The lowest BCUT2D eigenvalue weighted by Crippen LogP contribution is -2.40. The average molecular weight is 337 g/mol. The molecule has 19 heavy (non-hydrogen) atoms. The number of halogens is 4. The van der Waals surface area contributed by atoms with Crippen molar-refractivity contribution in [3.8, 4) is 5.75 Å². The van der Waals surface area contributed by atoms with Gasteiger partial charge in [-0.25, -0.2) is 4.99 Å². The minimum absolute atomic E-state index is 0.0868. The Bertz CT molecular complexity index is 653. The van der Waals surface area contributed by atoms with Crippen LogP contribution in [-0.4, -0.2) is 22.2 Å². The van der Waals surface area contributed by atoms with Crippen LogP contribution in [0.1, 0.15) is 0 Å². The Morgan fingerprint density at radius 1 is 1.16 bits per heavy atom. The fourth-order valence-corrected chi connectivity index (χ4v) is 2.82. The van der Waals surface area contributed by atoms with Gasteiger partial charge in [0.15, 0.2) is 17.3 Å². The first-order valence-corrected chi connectivity index (χ1v) is 6.90. The van der Waals surface area contributed by atoms with Crippen LogP contribution in [-0.2, 0) is 4.79 Å². The molecule has 98 valence electrons. The van der Waals surface area contributed by atoms with Crippen molar-refractivity contribution in [1.82, 2.24) is 0 Å². The van der Waals surface area contributed by atoms with Crippen LogP contribution in [0, 0.1) is 0 Å². The topological polar surface area (TPSA) is 38.7 Å². The van der Waals surface area contributed by atoms with E-state index < -0.39 is 16.5 Å². The van der Waals surface area contributed by atoms with Crippen LogP contribution < -0.4 is 4.74 Å². The van der Waals surface area contributed by atoms with Gasteiger partial charge >= 0.3 is 0 Å². The van der Waals surface area contributed by atoms with E-state index in [-0.39, 0.29) is 10.8 Å². The van der Waals surface area contributed by atoms with Crippen molar-refractivity contribution in [2.24, 2.45) is 4.99 Å². The van der Waals surface area contributed by atoms with Crippen molar-refractivity contribution in [3.05, 3.63) is 34.0 Å². The second kappa shape index (κ2) is 4.67. The van der Waals surface area contributed by atoms with Crippen molar-refractivity contribution in [2.75, 3.05) is 0 Å². The van der Waals surface area contributed by atoms with Gasteiger partial charge in [0.2, 0.25) is 0 Å². The fraction of sp³-hybridized carbons (Fsp3) is 0.167. The Kier molecular flexibility index (Phi) is 3.26. The van der Waals surface area contributed by atoms with Crippen LogP contribution in [0.15, 0.2) is 34.0 Å². The van der Waals surface area contributed by atoms with E-state index in [9.17, 15) is 4.79 Å². The molecule has 1 aromatic carbocycles. The second-order valence-electron chi connectivity index (χ2n) is 4.02. The monoisotopic (exact) mass is 335 g/mol. The minimum atomic E-state index is -0.957. The molecule has 3 nitrogen and oxygen atoms in total. The van der Waals surface area contributed by atoms with Crippen molar-refractivity contribution < 1.29 is 9.53 Å². The number of fused-ring (bicyclic) bond motifs is 2. The molecule has 2 unspecified atom stereocenters. The SMILES string of the molecule is O=C1C(Cl)=C2Oc3ccc(Cl)cc3N=C2C(Cl)C1Cl. The van der Waals surface area contributed by atoms with Gasteiger partial charge in [-0.2, -0.15) is 0 Å². The molecule has 1 aliphatic carbocycles. The Morgan fingerprint density at radius 2 is 1.89 bits per heavy atom. The van der Waals surface area contributed by atoms with Crippen LogP contribution >= 0.6 is 46.4 Å². The molecule has 2 aliphatic rings. The van der Waals surface area contributed by atoms with Gasteiger partial charge in [-0.05, 0) is 18.2 Å². The summed E-state index contributed by atoms with van der Waals surface area (Å²) in [6.45, 7) is 0. The first-order valence-electron chi connectivity index (χ1n) is 5.27. The van der Waals surface area contributed by atoms with E-state index in [4.69, 9.17) is 51.1 Å². The normalized spacial score (nSPS) is 25.5. The predicted molar refractivity (Wildman–Crippen MR) is 76.3 cm³/mol. The zero-order valence-corrected chi connectivity index (χ0v) is 12.2. The maximum Gasteiger partial charge on any atom is 0.197 e. The number of hydrogen-bond acceptors (Lipinski definition) is 3. The smallest absolute Gasteiger partial charge is 0.197 e. The molecular weight excluding hydrogens is 332 g/mol. The molecule has 0 aromatic heterocycles. The first kappa shape index (κ1) is 13.3. The molecule has 0 N–H and O–H groups in total. The Hall–Kier alpha value is -0.740. The van der Waals surface area contributed by atoms with Crippen molar-refractivity contribution in [2.45, 2.75) is 10.8 Å². The van der Waals surface area contributed by atoms with Gasteiger partial charge in [0.25, 0.3) is 0 Å². The third-order valence-corrected chi connectivity index (χ3v) is 4.42. The van der Waals surface area contributed by atoms with Crippen LogP contribution in [0.5, 0.6) is 5.75 Å². The van der Waals surface area contributed by atoms with Crippen molar-refractivity contribution in [3.63, 3.8) is 0 Å². The highest BCUT2D eigenvalue weighted by Gasteiger charge is 2.42. The zero-order valence-electron chi connectivity index (χ0n) is 9.16. The summed E-state index contributed by atoms with van der Waals surface area (Å²) in [5.41, 5.74) is 0.876. The number of ketones is 1. The molecule has 0 amide bonds. The molecule has 2 atom stereocenters. The predicted octanol–water partition coefficient (Wildman–Crippen LogP) is 4.05. The van der Waals surface area contributed by atoms with Crippen LogP contribution in [0.3, 0.4) is 0 Å². The van der Waals surface area contributed by atoms with Gasteiger partial charge in [-0.3, -0.25) is 4.79 Å². The number of ether oxygens (including phenoxy) is 1. The van der Waals surface area contributed by atoms with Crippen LogP contribution in [0.2, 0.25) is 5.02 Å². The summed E-state index contributed by atoms with van der Waals surface area (Å²) in [6.07, 6.45) is 0. The Labute approximate surface area is 128 Å². The molecule has 3 rings (SSSR count). The number of alkyl halides is 2. The lowest BCUT2D eigenvalue weighted by molar-refractivity contribution is -0.114. The molecule has 0 radical (unpaired) electrons. The van der Waals surface area contributed by atoms with E-state index in [1.54, 1.807) is 18.2 Å². The average Bonchev–Trinajstić information content (AvgIpc) is 2.41. The summed E-state index contributed by atoms with van der Waals surface area (Å²) in [5.74, 6) is 0.166. The van der Waals surface area contributed by atoms with E-state index in [0.717, 1.165) is 0 Å². The summed E-state index contributed by atoms with van der Waals surface area (Å²) in [4.78, 5) is 16.1. The summed E-state index contributed by atoms with van der Waals surface area (Å²) >= 11 is 23.9. The molecule has 0 fully saturated rings. The summed E-state index contributed by atoms with van der Waals surface area (Å²) in [7, 11) is 0. The van der Waals surface area contributed by atoms with E-state index in [0.29, 0.717) is 22.2 Å². The highest BCUT2D eigenvalue weighted by atomic mass is 35.5. The van der Waals surface area contributed by atoms with E-state index >= 15 is 0 Å². The van der Waals surface area contributed by atoms with Gasteiger partial charge < -0.3 is 4.74 Å². The molecular formula is C12H5Cl4NO2. The number of aliphatic imine (C=N–C) groups is 1. The quantitative estimate of drug-likeness (QED) is 0.670. The Morgan fingerprint density at radius 3 is 2.63 bits per heavy atom. The van der Waals surface area contributed by atoms with Crippen LogP contribution in [0.25, 0.3) is 0 Å². The van der Waals surface area contributed by atoms with Crippen molar-refractivity contribution in [1.29, 1.82) is 0 Å². The summed E-state index contributed by atoms with van der Waals surface area (Å²) < 4.78 is 5.59. The molecule has 1 aromatic rings. The molecule has 1 aliphatic heterocycles. The number of carbonyl (C=O) groups is 1. The second-order valence-corrected chi connectivity index (χ2v) is 5.78. The number of allylic oxidation sites excluding steroid dienone is 2. The molecule has 1 heterocycles. The largest absolute Gasteiger partial charge is 0.451 e. The lowest BCUT2D eigenvalue weighted by Gasteiger charge is -2.28. The van der Waals surface area contributed by atoms with Gasteiger partial charge in [0, 0.05) is 5.02 Å². The molecule has 0 saturated heterocycles. The van der Waals surface area contributed by atoms with Crippen molar-refractivity contribution >= 4 is 63.6 Å². The van der Waals surface area contributed by atoms with Gasteiger partial charge in [-0.1, -0.05) is 23.2 Å². The fourth-order valence-electron chi connectivity index (χ4n) is 1.86. The Balaban J connectivity index is 2.21. The maximum atomic E-state index is 11.8. The van der Waals surface area contributed by atoms with Gasteiger partial charge in [0.1, 0.15) is 27.2 Å². The number of carbonyl (C=O) groups excluding carboxylic acids is 1. The highest BCUT2D eigenvalue weighted by molar-refractivity contribution is 6.57. The standard InChI is InChI=1S/C12H5Cl4NO2/c13-4-1-2-6-5(3-4)17-10-7(14)8(15)11(18)9(16)12(10)19-6/h1-3,7-8H. The number of hydrogen-bond donors (Lipinski definition) is 0. The number of benzene rings is 1. The third kappa shape index (κ3) is 2.05. The maximum absolute atomic E-state index is 11.8. The number of Topliss-reactive ketones (excluding diaryl/α,β-unsaturated/α-hetero) is 1. The molecule has 0 bridgehead atoms. The number of nitrogens with zero attached hydrogens (tertiary/aromatic N) is 1. The highest BCUT2D eigenvalue weighted by Crippen LogP contribution is 2.41. The minimum Gasteiger partial charge on any atom is -0.451 e. The first-order chi connectivity index (χ1) is 8.99. The summed E-state index contributed by atoms with van der Waals surface area (Å²) in [6, 6.07) is 4.94. The lowest BCUT2D eigenvalue weighted by atomic mass is 10.00. The summed E-state index contributed by atoms with van der Waals surface area (Å²) in [5, 5.41) is -1.32. The zero-order chi connectivity index (χ0) is 13.7. The number of rotatable bonds is 0. The third-order valence-electron chi connectivity index (χ3n) is 2.79. The van der Waals surface area contributed by atoms with Gasteiger partial charge in [0.05, 0.1) is 0 Å². The van der Waals surface area contributed by atoms with E-state index in [2.05, 4.69) is 4.99 Å². The van der Waals surface area contributed by atoms with E-state index in [1.807, 2.05) is 0 Å². The molecule has 7 heteroatoms. The van der Waals surface area contributed by atoms with Gasteiger partial charge in [-0.15, -0.1) is 23.2 Å². The molecule has 0 spiro atoms. The molecule has 0 saturated carbocycles. The van der Waals surface area contributed by atoms with Crippen LogP contribution in [0.4, 0.5) is 5.69 Å². The van der Waals surface area contributed by atoms with E-state index in [1.165, 1.54) is 0 Å².